The molecule has 8 heteroatoms. The zero-order valence-corrected chi connectivity index (χ0v) is 17.8. The number of nitrogens with two attached hydrogens (primary N) is 1. The highest BCUT2D eigenvalue weighted by Gasteiger charge is 2.42. The van der Waals surface area contributed by atoms with E-state index in [0.717, 1.165) is 70.0 Å². The number of nitrogens with zero attached hydrogens (tertiary/aromatic N) is 6. The van der Waals surface area contributed by atoms with Crippen LogP contribution in [0.15, 0.2) is 12.4 Å². The van der Waals surface area contributed by atoms with E-state index in [1.54, 1.807) is 0 Å². The Kier molecular flexibility index (Phi) is 5.48. The van der Waals surface area contributed by atoms with E-state index in [0.29, 0.717) is 5.82 Å². The maximum absolute atomic E-state index is 10.7. The fraction of sp³-hybridized carbons (Fsp3) is 0.667. The van der Waals surface area contributed by atoms with Crippen LogP contribution in [-0.4, -0.2) is 62.0 Å². The number of aliphatic hydroxyl groups excluding tert-OH is 1. The Labute approximate surface area is 172 Å². The lowest BCUT2D eigenvalue weighted by atomic mass is 9.71. The van der Waals surface area contributed by atoms with Gasteiger partial charge >= 0.3 is 0 Å². The summed E-state index contributed by atoms with van der Waals surface area (Å²) in [7, 11) is 0. The van der Waals surface area contributed by atoms with Gasteiger partial charge in [-0.2, -0.15) is 5.10 Å². The predicted molar refractivity (Wildman–Crippen MR) is 114 cm³/mol. The predicted octanol–water partition coefficient (Wildman–Crippen LogP) is 1.75. The number of hydrogen-bond donors (Lipinski definition) is 2. The molecule has 29 heavy (non-hydrogen) atoms. The second-order valence-corrected chi connectivity index (χ2v) is 8.78. The minimum Gasteiger partial charge on any atom is -0.392 e. The third-order valence-corrected chi connectivity index (χ3v) is 6.73. The Morgan fingerprint density at radius 3 is 2.66 bits per heavy atom. The van der Waals surface area contributed by atoms with Crippen molar-refractivity contribution >= 4 is 11.6 Å². The zero-order valence-electron chi connectivity index (χ0n) is 17.8. The first-order valence-corrected chi connectivity index (χ1v) is 10.6. The van der Waals surface area contributed by atoms with Crippen LogP contribution in [0.2, 0.25) is 0 Å². The van der Waals surface area contributed by atoms with Crippen molar-refractivity contribution in [3.63, 3.8) is 0 Å². The highest BCUT2D eigenvalue weighted by atomic mass is 16.3. The average Bonchev–Trinajstić information content (AvgIpc) is 2.95. The first-order chi connectivity index (χ1) is 13.9. The summed E-state index contributed by atoms with van der Waals surface area (Å²) in [5.74, 6) is 1.41. The minimum absolute atomic E-state index is 0.162. The Bertz CT molecular complexity index is 857. The molecule has 0 radical (unpaired) electrons. The summed E-state index contributed by atoms with van der Waals surface area (Å²) in [6, 6.07) is 1.84. The molecule has 3 N–H and O–H groups in total. The van der Waals surface area contributed by atoms with Crippen LogP contribution in [0, 0.1) is 19.3 Å². The van der Waals surface area contributed by atoms with Gasteiger partial charge < -0.3 is 15.7 Å². The van der Waals surface area contributed by atoms with E-state index in [4.69, 9.17) is 5.73 Å². The monoisotopic (exact) mass is 399 g/mol. The van der Waals surface area contributed by atoms with Crippen molar-refractivity contribution in [1.29, 1.82) is 0 Å². The van der Waals surface area contributed by atoms with Crippen molar-refractivity contribution in [2.24, 2.45) is 5.41 Å². The maximum Gasteiger partial charge on any atom is 0.134 e. The molecule has 0 bridgehead atoms. The van der Waals surface area contributed by atoms with Crippen LogP contribution in [0.25, 0.3) is 0 Å². The zero-order chi connectivity index (χ0) is 20.6. The second kappa shape index (κ2) is 7.91. The molecule has 4 heterocycles. The normalized spacial score (nSPS) is 22.3. The van der Waals surface area contributed by atoms with Crippen LogP contribution in [-0.2, 0) is 13.1 Å². The summed E-state index contributed by atoms with van der Waals surface area (Å²) in [5.41, 5.74) is 9.65. The number of β-amino-alcohol motifs (C(OH)–C–C–N with tert-alkyl or cyclic N) is 1. The Morgan fingerprint density at radius 1 is 1.24 bits per heavy atom. The number of likely N-dealkylation sites (tertiary alicyclic amines) is 1. The van der Waals surface area contributed by atoms with Gasteiger partial charge in [-0.15, -0.1) is 0 Å². The molecule has 2 aromatic heterocycles. The molecule has 2 aliphatic heterocycles. The molecule has 2 aliphatic rings. The van der Waals surface area contributed by atoms with Gasteiger partial charge in [0.25, 0.3) is 0 Å². The molecular weight excluding hydrogens is 366 g/mol. The molecule has 2 saturated heterocycles. The first kappa shape index (κ1) is 20.1. The van der Waals surface area contributed by atoms with Crippen molar-refractivity contribution in [2.75, 3.05) is 36.8 Å². The summed E-state index contributed by atoms with van der Waals surface area (Å²) in [6.45, 7) is 11.8. The van der Waals surface area contributed by atoms with Crippen LogP contribution >= 0.6 is 0 Å². The number of rotatable bonds is 4. The number of hydrogen-bond acceptors (Lipinski definition) is 7. The Hall–Kier alpha value is -2.19. The minimum atomic E-state index is -0.271. The van der Waals surface area contributed by atoms with E-state index in [1.807, 2.05) is 6.07 Å². The van der Waals surface area contributed by atoms with Crippen molar-refractivity contribution < 1.29 is 5.11 Å². The number of aromatic nitrogens is 4. The molecule has 1 spiro atoms. The standard InChI is InChI=1S/C21H33N7O/c1-4-28-16(3)18(15(2)25-28)12-26-11-17(29)10-21(13-26)5-7-27(8-6-21)20-9-19(22)23-14-24-20/h9,14,17,29H,4-8,10-13H2,1-3H3,(H2,22,23,24). The fourth-order valence-corrected chi connectivity index (χ4v) is 5.19. The number of piperidine rings is 2. The van der Waals surface area contributed by atoms with Crippen molar-refractivity contribution in [1.82, 2.24) is 24.6 Å². The van der Waals surface area contributed by atoms with Crippen molar-refractivity contribution in [3.05, 3.63) is 29.3 Å². The molecular formula is C21H33N7O. The van der Waals surface area contributed by atoms with Gasteiger partial charge in [-0.05, 0) is 45.4 Å². The van der Waals surface area contributed by atoms with Crippen molar-refractivity contribution in [3.8, 4) is 0 Å². The molecule has 1 unspecified atom stereocenters. The van der Waals surface area contributed by atoms with Gasteiger partial charge in [-0.25, -0.2) is 9.97 Å². The molecule has 0 saturated carbocycles. The Morgan fingerprint density at radius 2 is 2.00 bits per heavy atom. The lowest BCUT2D eigenvalue weighted by Crippen LogP contribution is -2.53. The molecule has 0 amide bonds. The van der Waals surface area contributed by atoms with Gasteiger partial charge in [0.15, 0.2) is 0 Å². The van der Waals surface area contributed by atoms with E-state index < -0.39 is 0 Å². The van der Waals surface area contributed by atoms with Gasteiger partial charge in [0.2, 0.25) is 0 Å². The molecule has 158 valence electrons. The van der Waals surface area contributed by atoms with E-state index >= 15 is 0 Å². The largest absolute Gasteiger partial charge is 0.392 e. The number of anilines is 2. The smallest absolute Gasteiger partial charge is 0.134 e. The molecule has 0 aliphatic carbocycles. The number of nitrogen functional groups attached to an aromatic ring is 1. The van der Waals surface area contributed by atoms with Gasteiger partial charge in [0.1, 0.15) is 18.0 Å². The molecule has 2 fully saturated rings. The number of aryl methyl sites for hydroxylation is 2. The summed E-state index contributed by atoms with van der Waals surface area (Å²) in [4.78, 5) is 13.1. The van der Waals surface area contributed by atoms with Crippen LogP contribution in [0.4, 0.5) is 11.6 Å². The molecule has 8 nitrogen and oxygen atoms in total. The van der Waals surface area contributed by atoms with Crippen molar-refractivity contribution in [2.45, 2.75) is 59.2 Å². The number of aliphatic hydroxyl groups is 1. The third-order valence-electron chi connectivity index (χ3n) is 6.73. The average molecular weight is 400 g/mol. The van der Waals surface area contributed by atoms with Gasteiger partial charge in [0, 0.05) is 56.6 Å². The van der Waals surface area contributed by atoms with Crippen LogP contribution < -0.4 is 10.6 Å². The third kappa shape index (κ3) is 4.09. The lowest BCUT2D eigenvalue weighted by Gasteiger charge is -2.49. The van der Waals surface area contributed by atoms with Gasteiger partial charge in [0.05, 0.1) is 11.8 Å². The van der Waals surface area contributed by atoms with E-state index in [9.17, 15) is 5.11 Å². The van der Waals surface area contributed by atoms with Crippen LogP contribution in [0.3, 0.4) is 0 Å². The molecule has 0 aromatic carbocycles. The summed E-state index contributed by atoms with van der Waals surface area (Å²) < 4.78 is 2.08. The highest BCUT2D eigenvalue weighted by Crippen LogP contribution is 2.41. The topological polar surface area (TPSA) is 96.3 Å². The van der Waals surface area contributed by atoms with E-state index in [1.165, 1.54) is 17.6 Å². The summed E-state index contributed by atoms with van der Waals surface area (Å²) >= 11 is 0. The van der Waals surface area contributed by atoms with Gasteiger partial charge in [-0.3, -0.25) is 9.58 Å². The summed E-state index contributed by atoms with van der Waals surface area (Å²) in [6.07, 6.45) is 4.25. The van der Waals surface area contributed by atoms with Crippen LogP contribution in [0.5, 0.6) is 0 Å². The highest BCUT2D eigenvalue weighted by molar-refractivity contribution is 5.46. The second-order valence-electron chi connectivity index (χ2n) is 8.78. The van der Waals surface area contributed by atoms with Gasteiger partial charge in [-0.1, -0.05) is 0 Å². The molecule has 1 atom stereocenters. The quantitative estimate of drug-likeness (QED) is 0.808. The first-order valence-electron chi connectivity index (χ1n) is 10.6. The fourth-order valence-electron chi connectivity index (χ4n) is 5.19. The molecule has 4 rings (SSSR count). The van der Waals surface area contributed by atoms with E-state index in [2.05, 4.69) is 50.3 Å². The SMILES string of the molecule is CCn1nc(C)c(CN2CC(O)CC3(CCN(c4cc(N)ncn4)CC3)C2)c1C. The van der Waals surface area contributed by atoms with E-state index in [-0.39, 0.29) is 11.5 Å². The Balaban J connectivity index is 1.45. The maximum atomic E-state index is 10.7. The van der Waals surface area contributed by atoms with Crippen LogP contribution in [0.1, 0.15) is 43.1 Å². The molecule has 2 aromatic rings. The lowest BCUT2D eigenvalue weighted by molar-refractivity contribution is -0.0253. The summed E-state index contributed by atoms with van der Waals surface area (Å²) in [5, 5.41) is 15.3.